The van der Waals surface area contributed by atoms with E-state index in [1.54, 1.807) is 14.2 Å². The molecule has 2 unspecified atom stereocenters. The Morgan fingerprint density at radius 3 is 2.29 bits per heavy atom. The summed E-state index contributed by atoms with van der Waals surface area (Å²) in [4.78, 5) is 2.11. The predicted molar refractivity (Wildman–Crippen MR) is 63.7 cm³/mol. The van der Waals surface area contributed by atoms with Crippen LogP contribution in [0.25, 0.3) is 0 Å². The Kier molecular flexibility index (Phi) is 3.88. The minimum atomic E-state index is 0.0796. The first-order valence-corrected chi connectivity index (χ1v) is 5.61. The summed E-state index contributed by atoms with van der Waals surface area (Å²) in [7, 11) is 3.40. The molecule has 1 aromatic heterocycles. The number of hydrogen-bond acceptors (Lipinski definition) is 6. The molecule has 2 atom stereocenters. The van der Waals surface area contributed by atoms with Gasteiger partial charge in [0.2, 0.25) is 0 Å². The molecule has 2 N–H and O–H groups in total. The number of methoxy groups -OCH3 is 2. The predicted octanol–water partition coefficient (Wildman–Crippen LogP) is -0.215. The first kappa shape index (κ1) is 12.2. The lowest BCUT2D eigenvalue weighted by Crippen LogP contribution is -2.27. The van der Waals surface area contributed by atoms with E-state index in [2.05, 4.69) is 15.1 Å². The van der Waals surface area contributed by atoms with E-state index in [-0.39, 0.29) is 12.2 Å². The summed E-state index contributed by atoms with van der Waals surface area (Å²) in [6, 6.07) is 3.82. The van der Waals surface area contributed by atoms with Crippen molar-refractivity contribution < 1.29 is 9.47 Å². The molecule has 94 valence electrons. The first-order chi connectivity index (χ1) is 8.28. The summed E-state index contributed by atoms with van der Waals surface area (Å²) in [6.07, 6.45) is 0.159. The van der Waals surface area contributed by atoms with Crippen molar-refractivity contribution in [3.05, 3.63) is 17.8 Å². The molecule has 0 saturated carbocycles. The molecule has 2 rings (SSSR count). The first-order valence-electron chi connectivity index (χ1n) is 5.61. The van der Waals surface area contributed by atoms with Gasteiger partial charge < -0.3 is 20.1 Å². The van der Waals surface area contributed by atoms with Gasteiger partial charge in [-0.3, -0.25) is 0 Å². The maximum absolute atomic E-state index is 5.48. The van der Waals surface area contributed by atoms with Crippen molar-refractivity contribution in [1.82, 2.24) is 10.2 Å². The van der Waals surface area contributed by atoms with Gasteiger partial charge in [-0.25, -0.2) is 0 Å². The minimum absolute atomic E-state index is 0.0796. The molecule has 1 aliphatic heterocycles. The zero-order chi connectivity index (χ0) is 12.3. The largest absolute Gasteiger partial charge is 0.377 e. The highest BCUT2D eigenvalue weighted by Gasteiger charge is 2.33. The van der Waals surface area contributed by atoms with Crippen LogP contribution in [0.2, 0.25) is 0 Å². The monoisotopic (exact) mass is 238 g/mol. The molecular formula is C11H18N4O2. The fourth-order valence-corrected chi connectivity index (χ4v) is 2.01. The van der Waals surface area contributed by atoms with Gasteiger partial charge in [0.05, 0.1) is 5.69 Å². The van der Waals surface area contributed by atoms with Crippen LogP contribution in [0, 0.1) is 0 Å². The third-order valence-corrected chi connectivity index (χ3v) is 3.06. The number of nitrogens with two attached hydrogens (primary N) is 1. The van der Waals surface area contributed by atoms with E-state index in [1.807, 2.05) is 12.1 Å². The standard InChI is InChI=1S/C11H18N4O2/c1-16-9-6-15(7-10(9)17-2)11-4-3-8(5-12)13-14-11/h3-4,9-10H,5-7,12H2,1-2H3. The van der Waals surface area contributed by atoms with Gasteiger partial charge in [0.25, 0.3) is 0 Å². The Labute approximate surface area is 101 Å². The van der Waals surface area contributed by atoms with Gasteiger partial charge in [0, 0.05) is 33.9 Å². The van der Waals surface area contributed by atoms with E-state index < -0.39 is 0 Å². The molecule has 0 amide bonds. The van der Waals surface area contributed by atoms with E-state index >= 15 is 0 Å². The molecule has 0 aromatic carbocycles. The zero-order valence-electron chi connectivity index (χ0n) is 10.2. The van der Waals surface area contributed by atoms with Crippen LogP contribution in [0.15, 0.2) is 12.1 Å². The highest BCUT2D eigenvalue weighted by Crippen LogP contribution is 2.21. The van der Waals surface area contributed by atoms with Crippen LogP contribution in [-0.2, 0) is 16.0 Å². The van der Waals surface area contributed by atoms with Crippen molar-refractivity contribution in [3.63, 3.8) is 0 Å². The normalized spacial score (nSPS) is 24.3. The molecule has 0 spiro atoms. The van der Waals surface area contributed by atoms with Crippen molar-refractivity contribution in [3.8, 4) is 0 Å². The summed E-state index contributed by atoms with van der Waals surface area (Å²) < 4.78 is 10.8. The number of hydrogen-bond donors (Lipinski definition) is 1. The van der Waals surface area contributed by atoms with Crippen LogP contribution >= 0.6 is 0 Å². The van der Waals surface area contributed by atoms with Gasteiger partial charge in [-0.1, -0.05) is 0 Å². The van der Waals surface area contributed by atoms with Gasteiger partial charge in [-0.05, 0) is 12.1 Å². The van der Waals surface area contributed by atoms with Gasteiger partial charge in [0.15, 0.2) is 5.82 Å². The Morgan fingerprint density at radius 1 is 1.24 bits per heavy atom. The second kappa shape index (κ2) is 5.39. The maximum atomic E-state index is 5.48. The third-order valence-electron chi connectivity index (χ3n) is 3.06. The molecule has 1 fully saturated rings. The van der Waals surface area contributed by atoms with Crippen LogP contribution in [0.1, 0.15) is 5.69 Å². The highest BCUT2D eigenvalue weighted by molar-refractivity contribution is 5.39. The molecule has 0 bridgehead atoms. The third kappa shape index (κ3) is 2.54. The Bertz CT molecular complexity index is 345. The van der Waals surface area contributed by atoms with Crippen molar-refractivity contribution in [2.24, 2.45) is 5.73 Å². The second-order valence-electron chi connectivity index (χ2n) is 4.04. The lowest BCUT2D eigenvalue weighted by Gasteiger charge is -2.15. The molecule has 2 heterocycles. The molecule has 6 heteroatoms. The molecule has 1 saturated heterocycles. The Morgan fingerprint density at radius 2 is 1.88 bits per heavy atom. The fraction of sp³-hybridized carbons (Fsp3) is 0.636. The van der Waals surface area contributed by atoms with Crippen LogP contribution in [0.3, 0.4) is 0 Å². The van der Waals surface area contributed by atoms with Gasteiger partial charge >= 0.3 is 0 Å². The maximum Gasteiger partial charge on any atom is 0.151 e. The van der Waals surface area contributed by atoms with E-state index in [1.165, 1.54) is 0 Å². The van der Waals surface area contributed by atoms with E-state index in [9.17, 15) is 0 Å². The average molecular weight is 238 g/mol. The number of ether oxygens (including phenoxy) is 2. The van der Waals surface area contributed by atoms with Crippen molar-refractivity contribution in [2.45, 2.75) is 18.8 Å². The summed E-state index contributed by atoms with van der Waals surface area (Å²) >= 11 is 0. The molecular weight excluding hydrogens is 220 g/mol. The summed E-state index contributed by atoms with van der Waals surface area (Å²) in [5.74, 6) is 0.837. The fourth-order valence-electron chi connectivity index (χ4n) is 2.01. The molecule has 1 aromatic rings. The lowest BCUT2D eigenvalue weighted by atomic mass is 10.3. The van der Waals surface area contributed by atoms with Gasteiger partial charge in [-0.15, -0.1) is 5.10 Å². The highest BCUT2D eigenvalue weighted by atomic mass is 16.5. The van der Waals surface area contributed by atoms with Crippen LogP contribution < -0.4 is 10.6 Å². The molecule has 6 nitrogen and oxygen atoms in total. The number of nitrogens with zero attached hydrogens (tertiary/aromatic N) is 3. The average Bonchev–Trinajstić information content (AvgIpc) is 2.82. The van der Waals surface area contributed by atoms with E-state index in [4.69, 9.17) is 15.2 Å². The summed E-state index contributed by atoms with van der Waals surface area (Å²) in [6.45, 7) is 1.95. The van der Waals surface area contributed by atoms with E-state index in [0.717, 1.165) is 24.6 Å². The molecule has 0 aliphatic carbocycles. The lowest BCUT2D eigenvalue weighted by molar-refractivity contribution is -0.00461. The molecule has 1 aliphatic rings. The van der Waals surface area contributed by atoms with Crippen molar-refractivity contribution in [1.29, 1.82) is 0 Å². The quantitative estimate of drug-likeness (QED) is 0.782. The van der Waals surface area contributed by atoms with Crippen LogP contribution in [0.5, 0.6) is 0 Å². The number of rotatable bonds is 4. The second-order valence-corrected chi connectivity index (χ2v) is 4.04. The smallest absolute Gasteiger partial charge is 0.151 e. The van der Waals surface area contributed by atoms with Crippen molar-refractivity contribution in [2.75, 3.05) is 32.2 Å². The topological polar surface area (TPSA) is 73.5 Å². The summed E-state index contributed by atoms with van der Waals surface area (Å²) in [5.41, 5.74) is 6.28. The Hall–Kier alpha value is -1.24. The zero-order valence-corrected chi connectivity index (χ0v) is 10.2. The van der Waals surface area contributed by atoms with E-state index in [0.29, 0.717) is 6.54 Å². The van der Waals surface area contributed by atoms with Gasteiger partial charge in [-0.2, -0.15) is 5.10 Å². The van der Waals surface area contributed by atoms with Crippen LogP contribution in [-0.4, -0.2) is 49.7 Å². The number of anilines is 1. The van der Waals surface area contributed by atoms with Crippen molar-refractivity contribution >= 4 is 5.82 Å². The SMILES string of the molecule is COC1CN(c2ccc(CN)nn2)CC1OC. The number of aromatic nitrogens is 2. The van der Waals surface area contributed by atoms with Gasteiger partial charge in [0.1, 0.15) is 12.2 Å². The molecule has 0 radical (unpaired) electrons. The molecule has 17 heavy (non-hydrogen) atoms. The summed E-state index contributed by atoms with van der Waals surface area (Å²) in [5, 5.41) is 8.20. The Balaban J connectivity index is 2.07. The van der Waals surface area contributed by atoms with Crippen LogP contribution in [0.4, 0.5) is 5.82 Å². The minimum Gasteiger partial charge on any atom is -0.377 e.